The molecule has 30 heavy (non-hydrogen) atoms. The molecule has 0 radical (unpaired) electrons. The zero-order valence-corrected chi connectivity index (χ0v) is 17.3. The molecule has 7 nitrogen and oxygen atoms in total. The van der Waals surface area contributed by atoms with Crippen LogP contribution in [0.1, 0.15) is 63.2 Å². The highest BCUT2D eigenvalue weighted by Gasteiger charge is 2.34. The number of carbonyl (C=O) groups excluding carboxylic acids is 2. The number of hydrogen-bond acceptors (Lipinski definition) is 5. The number of nitrogens with zero attached hydrogens (tertiary/aromatic N) is 2. The number of piperidine rings is 1. The lowest BCUT2D eigenvalue weighted by atomic mass is 9.83. The summed E-state index contributed by atoms with van der Waals surface area (Å²) < 4.78 is 1.46. The Hall–Kier alpha value is -2.70. The van der Waals surface area contributed by atoms with E-state index < -0.39 is 11.9 Å². The molecule has 1 aromatic heterocycles. The van der Waals surface area contributed by atoms with Crippen LogP contribution in [0.5, 0.6) is 0 Å². The Balaban J connectivity index is 1.47. The van der Waals surface area contributed by atoms with Crippen molar-refractivity contribution in [2.24, 2.45) is 11.8 Å². The van der Waals surface area contributed by atoms with Gasteiger partial charge in [-0.1, -0.05) is 6.07 Å². The summed E-state index contributed by atoms with van der Waals surface area (Å²) >= 11 is 0. The third kappa shape index (κ3) is 3.50. The predicted octanol–water partition coefficient (Wildman–Crippen LogP) is 3.06. The van der Waals surface area contributed by atoms with Gasteiger partial charge in [-0.05, 0) is 75.8 Å². The molecule has 7 heteroatoms. The first-order chi connectivity index (χ1) is 14.5. The average molecular weight is 409 g/mol. The molecule has 1 unspecified atom stereocenters. The number of carbonyl (C=O) groups is 2. The number of amides is 2. The van der Waals surface area contributed by atoms with Gasteiger partial charge < -0.3 is 5.32 Å². The minimum atomic E-state index is -0.700. The van der Waals surface area contributed by atoms with Crippen molar-refractivity contribution in [3.8, 4) is 0 Å². The van der Waals surface area contributed by atoms with Crippen LogP contribution < -0.4 is 16.2 Å². The van der Waals surface area contributed by atoms with Crippen LogP contribution in [0.2, 0.25) is 0 Å². The number of anilines is 1. The van der Waals surface area contributed by atoms with Gasteiger partial charge in [-0.2, -0.15) is 0 Å². The van der Waals surface area contributed by atoms with Gasteiger partial charge in [0.15, 0.2) is 0 Å². The van der Waals surface area contributed by atoms with Crippen molar-refractivity contribution in [1.29, 1.82) is 0 Å². The van der Waals surface area contributed by atoms with E-state index in [0.717, 1.165) is 30.4 Å². The SMILES string of the molecule is Cc1nc2cccc(NC3CCC(C4CC4)CC3)c2c(=O)n1C1CCC(=O)NC1=O. The third-order valence-electron chi connectivity index (χ3n) is 7.05. The fourth-order valence-electron chi connectivity index (χ4n) is 5.29. The van der Waals surface area contributed by atoms with Crippen LogP contribution in [0.3, 0.4) is 0 Å². The lowest BCUT2D eigenvalue weighted by Crippen LogP contribution is -2.45. The first kappa shape index (κ1) is 19.3. The smallest absolute Gasteiger partial charge is 0.264 e. The standard InChI is InChI=1S/C23H28N4O3/c1-13-24-17-3-2-4-18(25-16-9-7-15(8-10-16)14-5-6-14)21(17)23(30)27(13)19-11-12-20(28)26-22(19)29/h2-4,14-16,19,25H,5-12H2,1H3,(H,26,28,29). The minimum absolute atomic E-state index is 0.221. The van der Waals surface area contributed by atoms with Crippen LogP contribution in [-0.2, 0) is 9.59 Å². The first-order valence-electron chi connectivity index (χ1n) is 11.1. The van der Waals surface area contributed by atoms with Gasteiger partial charge >= 0.3 is 0 Å². The molecule has 0 spiro atoms. The van der Waals surface area contributed by atoms with E-state index in [1.807, 2.05) is 18.2 Å². The lowest BCUT2D eigenvalue weighted by molar-refractivity contribution is -0.135. The Morgan fingerprint density at radius 3 is 2.37 bits per heavy atom. The number of nitrogens with one attached hydrogen (secondary N) is 2. The topological polar surface area (TPSA) is 93.1 Å². The number of rotatable bonds is 4. The molecule has 1 aromatic carbocycles. The molecule has 3 fully saturated rings. The van der Waals surface area contributed by atoms with E-state index in [2.05, 4.69) is 15.6 Å². The molecule has 1 atom stereocenters. The van der Waals surface area contributed by atoms with Crippen molar-refractivity contribution in [2.45, 2.75) is 70.4 Å². The molecular formula is C23H28N4O3. The van der Waals surface area contributed by atoms with Gasteiger partial charge in [0.1, 0.15) is 11.9 Å². The van der Waals surface area contributed by atoms with E-state index in [1.54, 1.807) is 6.92 Å². The molecule has 2 N–H and O–H groups in total. The van der Waals surface area contributed by atoms with Crippen molar-refractivity contribution in [3.05, 3.63) is 34.4 Å². The molecule has 5 rings (SSSR count). The highest BCUT2D eigenvalue weighted by molar-refractivity contribution is 5.99. The van der Waals surface area contributed by atoms with Crippen molar-refractivity contribution in [1.82, 2.24) is 14.9 Å². The maximum absolute atomic E-state index is 13.5. The van der Waals surface area contributed by atoms with Crippen LogP contribution in [0.15, 0.2) is 23.0 Å². The molecule has 2 aromatic rings. The number of benzene rings is 1. The molecular weight excluding hydrogens is 380 g/mol. The number of aromatic nitrogens is 2. The molecule has 158 valence electrons. The maximum atomic E-state index is 13.5. The summed E-state index contributed by atoms with van der Waals surface area (Å²) in [5.41, 5.74) is 1.21. The molecule has 2 heterocycles. The summed E-state index contributed by atoms with van der Waals surface area (Å²) in [5.74, 6) is 1.60. The van der Waals surface area contributed by atoms with Crippen molar-refractivity contribution >= 4 is 28.4 Å². The van der Waals surface area contributed by atoms with Crippen LogP contribution >= 0.6 is 0 Å². The molecule has 0 bridgehead atoms. The van der Waals surface area contributed by atoms with Gasteiger partial charge in [0.25, 0.3) is 5.56 Å². The number of hydrogen-bond donors (Lipinski definition) is 2. The second-order valence-corrected chi connectivity index (χ2v) is 9.09. The first-order valence-corrected chi connectivity index (χ1v) is 11.1. The summed E-state index contributed by atoms with van der Waals surface area (Å²) in [6.45, 7) is 1.74. The van der Waals surface area contributed by atoms with Crippen LogP contribution in [0, 0.1) is 18.8 Å². The minimum Gasteiger partial charge on any atom is -0.382 e. The Bertz CT molecular complexity index is 1060. The number of fused-ring (bicyclic) bond motifs is 1. The average Bonchev–Trinajstić information content (AvgIpc) is 3.55. The zero-order chi connectivity index (χ0) is 20.8. The second-order valence-electron chi connectivity index (χ2n) is 9.09. The summed E-state index contributed by atoms with van der Waals surface area (Å²) in [5, 5.41) is 6.48. The molecule has 2 saturated carbocycles. The fourth-order valence-corrected chi connectivity index (χ4v) is 5.29. The summed E-state index contributed by atoms with van der Waals surface area (Å²) in [4.78, 5) is 42.1. The van der Waals surface area contributed by atoms with Crippen molar-refractivity contribution < 1.29 is 9.59 Å². The van der Waals surface area contributed by atoms with E-state index >= 15 is 0 Å². The number of imide groups is 1. The van der Waals surface area contributed by atoms with E-state index in [-0.39, 0.29) is 17.9 Å². The van der Waals surface area contributed by atoms with Gasteiger partial charge in [0.2, 0.25) is 11.8 Å². The Morgan fingerprint density at radius 2 is 1.70 bits per heavy atom. The highest BCUT2D eigenvalue weighted by atomic mass is 16.2. The third-order valence-corrected chi connectivity index (χ3v) is 7.05. The van der Waals surface area contributed by atoms with Gasteiger partial charge in [-0.3, -0.25) is 24.3 Å². The summed E-state index contributed by atoms with van der Waals surface area (Å²) in [7, 11) is 0. The Kier molecular flexibility index (Phi) is 4.83. The largest absolute Gasteiger partial charge is 0.382 e. The van der Waals surface area contributed by atoms with Crippen LogP contribution in [0.25, 0.3) is 10.9 Å². The molecule has 3 aliphatic rings. The van der Waals surface area contributed by atoms with Crippen molar-refractivity contribution in [3.63, 3.8) is 0 Å². The lowest BCUT2D eigenvalue weighted by Gasteiger charge is -2.30. The van der Waals surface area contributed by atoms with Gasteiger partial charge in [-0.15, -0.1) is 0 Å². The summed E-state index contributed by atoms with van der Waals surface area (Å²) in [6, 6.07) is 5.35. The molecule has 1 saturated heterocycles. The monoisotopic (exact) mass is 408 g/mol. The fraction of sp³-hybridized carbons (Fsp3) is 0.565. The molecule has 2 aliphatic carbocycles. The predicted molar refractivity (Wildman–Crippen MR) is 114 cm³/mol. The normalized spacial score (nSPS) is 27.2. The number of aryl methyl sites for hydroxylation is 1. The zero-order valence-electron chi connectivity index (χ0n) is 17.3. The highest BCUT2D eigenvalue weighted by Crippen LogP contribution is 2.44. The van der Waals surface area contributed by atoms with Crippen LogP contribution in [0.4, 0.5) is 5.69 Å². The molecule has 2 amide bonds. The Labute approximate surface area is 175 Å². The molecule has 1 aliphatic heterocycles. The second kappa shape index (κ2) is 7.52. The van der Waals surface area contributed by atoms with Crippen molar-refractivity contribution in [2.75, 3.05) is 5.32 Å². The summed E-state index contributed by atoms with van der Waals surface area (Å²) in [6.07, 6.45) is 8.10. The van der Waals surface area contributed by atoms with E-state index in [0.29, 0.717) is 29.2 Å². The quantitative estimate of drug-likeness (QED) is 0.759. The van der Waals surface area contributed by atoms with Gasteiger partial charge in [-0.25, -0.2) is 4.98 Å². The van der Waals surface area contributed by atoms with E-state index in [9.17, 15) is 14.4 Å². The van der Waals surface area contributed by atoms with Gasteiger partial charge in [0.05, 0.1) is 10.9 Å². The Morgan fingerprint density at radius 1 is 1.00 bits per heavy atom. The van der Waals surface area contributed by atoms with Gasteiger partial charge in [0, 0.05) is 18.2 Å². The van der Waals surface area contributed by atoms with E-state index in [4.69, 9.17) is 0 Å². The van der Waals surface area contributed by atoms with Crippen LogP contribution in [-0.4, -0.2) is 27.4 Å². The van der Waals surface area contributed by atoms with E-state index in [1.165, 1.54) is 30.3 Å². The maximum Gasteiger partial charge on any atom is 0.264 e.